The lowest BCUT2D eigenvalue weighted by atomic mass is 10.3. The number of benzene rings is 1. The van der Waals surface area contributed by atoms with E-state index in [0.717, 1.165) is 16.4 Å². The fourth-order valence-corrected chi connectivity index (χ4v) is 2.81. The van der Waals surface area contributed by atoms with Gasteiger partial charge in [-0.25, -0.2) is 0 Å². The zero-order chi connectivity index (χ0) is 13.1. The van der Waals surface area contributed by atoms with E-state index >= 15 is 0 Å². The molecule has 0 bridgehead atoms. The van der Waals surface area contributed by atoms with E-state index in [9.17, 15) is 5.11 Å². The Bertz CT molecular complexity index is 437. The molecule has 1 heterocycles. The number of aliphatic hydroxyl groups excluding tert-OH is 1. The molecule has 1 aromatic carbocycles. The number of nitrogens with one attached hydrogen (secondary N) is 1. The van der Waals surface area contributed by atoms with Gasteiger partial charge in [-0.15, -0.1) is 11.8 Å². The summed E-state index contributed by atoms with van der Waals surface area (Å²) < 4.78 is 11.0. The fourth-order valence-electron chi connectivity index (χ4n) is 1.95. The highest BCUT2D eigenvalue weighted by atomic mass is 32.2. The molecule has 1 aliphatic heterocycles. The first-order valence-corrected chi connectivity index (χ1v) is 7.74. The summed E-state index contributed by atoms with van der Waals surface area (Å²) in [5.41, 5.74) is 0. The predicted molar refractivity (Wildman–Crippen MR) is 75.2 cm³/mol. The molecule has 1 saturated carbocycles. The van der Waals surface area contributed by atoms with Crippen molar-refractivity contribution in [3.63, 3.8) is 0 Å². The monoisotopic (exact) mass is 281 g/mol. The third kappa shape index (κ3) is 3.78. The molecule has 1 aliphatic carbocycles. The summed E-state index contributed by atoms with van der Waals surface area (Å²) in [5, 5.41) is 13.2. The van der Waals surface area contributed by atoms with Crippen LogP contribution in [0.5, 0.6) is 11.5 Å². The van der Waals surface area contributed by atoms with Crippen LogP contribution in [0.1, 0.15) is 12.8 Å². The molecule has 1 aromatic rings. The van der Waals surface area contributed by atoms with Crippen LogP contribution >= 0.6 is 11.8 Å². The Morgan fingerprint density at radius 1 is 1.26 bits per heavy atom. The number of ether oxygens (including phenoxy) is 2. The number of hydrogen-bond donors (Lipinski definition) is 2. The maximum atomic E-state index is 9.89. The summed E-state index contributed by atoms with van der Waals surface area (Å²) >= 11 is 1.65. The molecule has 4 nitrogen and oxygen atoms in total. The van der Waals surface area contributed by atoms with Gasteiger partial charge in [0.15, 0.2) is 11.5 Å². The van der Waals surface area contributed by atoms with Gasteiger partial charge in [-0.1, -0.05) is 0 Å². The molecule has 2 aliphatic rings. The van der Waals surface area contributed by atoms with Gasteiger partial charge in [0.25, 0.3) is 0 Å². The fraction of sp³-hybridized carbons (Fsp3) is 0.571. The summed E-state index contributed by atoms with van der Waals surface area (Å²) in [7, 11) is 0. The van der Waals surface area contributed by atoms with E-state index in [1.165, 1.54) is 12.8 Å². The van der Waals surface area contributed by atoms with E-state index in [-0.39, 0.29) is 6.10 Å². The average Bonchev–Trinajstić information content (AvgIpc) is 3.27. The highest BCUT2D eigenvalue weighted by Gasteiger charge is 2.21. The molecule has 1 unspecified atom stereocenters. The summed E-state index contributed by atoms with van der Waals surface area (Å²) in [5.74, 6) is 2.31. The molecule has 104 valence electrons. The SMILES string of the molecule is OC(CNC1CC1)CSc1ccc2c(c1)OCCO2. The Balaban J connectivity index is 1.48. The third-order valence-electron chi connectivity index (χ3n) is 3.18. The van der Waals surface area contributed by atoms with Crippen molar-refractivity contribution in [3.8, 4) is 11.5 Å². The summed E-state index contributed by atoms with van der Waals surface area (Å²) in [6.45, 7) is 1.91. The normalized spacial score (nSPS) is 19.2. The molecule has 0 amide bonds. The minimum Gasteiger partial charge on any atom is -0.486 e. The molecular weight excluding hydrogens is 262 g/mol. The zero-order valence-electron chi connectivity index (χ0n) is 10.8. The molecule has 19 heavy (non-hydrogen) atoms. The third-order valence-corrected chi connectivity index (χ3v) is 4.31. The van der Waals surface area contributed by atoms with Gasteiger partial charge in [0.05, 0.1) is 6.10 Å². The Labute approximate surface area is 117 Å². The molecule has 0 saturated heterocycles. The number of aliphatic hydroxyl groups is 1. The van der Waals surface area contributed by atoms with Crippen molar-refractivity contribution in [3.05, 3.63) is 18.2 Å². The van der Waals surface area contributed by atoms with E-state index < -0.39 is 0 Å². The minimum absolute atomic E-state index is 0.307. The van der Waals surface area contributed by atoms with Crippen LogP contribution in [0.3, 0.4) is 0 Å². The van der Waals surface area contributed by atoms with Gasteiger partial charge >= 0.3 is 0 Å². The van der Waals surface area contributed by atoms with Crippen LogP contribution in [0.4, 0.5) is 0 Å². The summed E-state index contributed by atoms with van der Waals surface area (Å²) in [6, 6.07) is 6.58. The van der Waals surface area contributed by atoms with Gasteiger partial charge in [-0.2, -0.15) is 0 Å². The second-order valence-corrected chi connectivity index (χ2v) is 6.05. The predicted octanol–water partition coefficient (Wildman–Crippen LogP) is 1.66. The van der Waals surface area contributed by atoms with Crippen LogP contribution in [0.15, 0.2) is 23.1 Å². The van der Waals surface area contributed by atoms with Crippen molar-refractivity contribution in [1.29, 1.82) is 0 Å². The number of thioether (sulfide) groups is 1. The van der Waals surface area contributed by atoms with Gasteiger partial charge in [-0.05, 0) is 31.0 Å². The van der Waals surface area contributed by atoms with Gasteiger partial charge < -0.3 is 19.9 Å². The molecule has 1 atom stereocenters. The van der Waals surface area contributed by atoms with Crippen molar-refractivity contribution in [2.24, 2.45) is 0 Å². The zero-order valence-corrected chi connectivity index (χ0v) is 11.6. The lowest BCUT2D eigenvalue weighted by molar-refractivity contribution is 0.171. The van der Waals surface area contributed by atoms with Crippen LogP contribution in [0, 0.1) is 0 Å². The first-order valence-electron chi connectivity index (χ1n) is 6.75. The number of fused-ring (bicyclic) bond motifs is 1. The minimum atomic E-state index is -0.307. The van der Waals surface area contributed by atoms with Crippen LogP contribution in [0.2, 0.25) is 0 Å². The standard InChI is InChI=1S/C14H19NO3S/c16-11(8-15-10-1-2-10)9-19-12-3-4-13-14(7-12)18-6-5-17-13/h3-4,7,10-11,15-16H,1-2,5-6,8-9H2. The van der Waals surface area contributed by atoms with E-state index in [4.69, 9.17) is 9.47 Å². The lowest BCUT2D eigenvalue weighted by Crippen LogP contribution is -2.29. The Hall–Kier alpha value is -0.910. The Morgan fingerprint density at radius 3 is 2.84 bits per heavy atom. The molecule has 0 radical (unpaired) electrons. The van der Waals surface area contributed by atoms with Crippen LogP contribution in [-0.2, 0) is 0 Å². The molecule has 3 rings (SSSR count). The second kappa shape index (κ2) is 6.03. The number of hydrogen-bond acceptors (Lipinski definition) is 5. The van der Waals surface area contributed by atoms with E-state index in [2.05, 4.69) is 5.32 Å². The molecule has 1 fully saturated rings. The van der Waals surface area contributed by atoms with Gasteiger partial charge in [0.1, 0.15) is 13.2 Å². The van der Waals surface area contributed by atoms with E-state index in [1.54, 1.807) is 11.8 Å². The summed E-state index contributed by atoms with van der Waals surface area (Å²) in [4.78, 5) is 1.11. The van der Waals surface area contributed by atoms with Crippen LogP contribution < -0.4 is 14.8 Å². The molecule has 2 N–H and O–H groups in total. The van der Waals surface area contributed by atoms with Crippen molar-refractivity contribution in [1.82, 2.24) is 5.32 Å². The smallest absolute Gasteiger partial charge is 0.162 e. The molecular formula is C14H19NO3S. The average molecular weight is 281 g/mol. The van der Waals surface area contributed by atoms with Gasteiger partial charge in [0.2, 0.25) is 0 Å². The van der Waals surface area contributed by atoms with E-state index in [1.807, 2.05) is 18.2 Å². The Morgan fingerprint density at radius 2 is 2.05 bits per heavy atom. The van der Waals surface area contributed by atoms with Crippen molar-refractivity contribution in [2.75, 3.05) is 25.5 Å². The Kier molecular flexibility index (Phi) is 4.15. The second-order valence-electron chi connectivity index (χ2n) is 4.95. The van der Waals surface area contributed by atoms with Crippen molar-refractivity contribution < 1.29 is 14.6 Å². The highest BCUT2D eigenvalue weighted by Crippen LogP contribution is 2.34. The van der Waals surface area contributed by atoms with Gasteiger partial charge in [0, 0.05) is 23.2 Å². The topological polar surface area (TPSA) is 50.7 Å². The van der Waals surface area contributed by atoms with Gasteiger partial charge in [-0.3, -0.25) is 0 Å². The van der Waals surface area contributed by atoms with E-state index in [0.29, 0.717) is 31.6 Å². The van der Waals surface area contributed by atoms with Crippen molar-refractivity contribution >= 4 is 11.8 Å². The molecule has 0 spiro atoms. The summed E-state index contributed by atoms with van der Waals surface area (Å²) in [6.07, 6.45) is 2.20. The maximum Gasteiger partial charge on any atom is 0.162 e. The largest absolute Gasteiger partial charge is 0.486 e. The van der Waals surface area contributed by atoms with Crippen LogP contribution in [0.25, 0.3) is 0 Å². The highest BCUT2D eigenvalue weighted by molar-refractivity contribution is 7.99. The lowest BCUT2D eigenvalue weighted by Gasteiger charge is -2.19. The van der Waals surface area contributed by atoms with Crippen LogP contribution in [-0.4, -0.2) is 42.8 Å². The quantitative estimate of drug-likeness (QED) is 0.777. The first-order chi connectivity index (χ1) is 9.31. The van der Waals surface area contributed by atoms with Crippen molar-refractivity contribution in [2.45, 2.75) is 29.9 Å². The number of rotatable bonds is 6. The maximum absolute atomic E-state index is 9.89. The molecule has 5 heteroatoms. The molecule has 0 aromatic heterocycles. The first kappa shape index (κ1) is 13.1.